The van der Waals surface area contributed by atoms with Crippen LogP contribution in [0.1, 0.15) is 28.2 Å². The van der Waals surface area contributed by atoms with Gasteiger partial charge in [0, 0.05) is 11.1 Å². The van der Waals surface area contributed by atoms with Gasteiger partial charge in [0.2, 0.25) is 0 Å². The van der Waals surface area contributed by atoms with Gasteiger partial charge in [0.05, 0.1) is 21.0 Å². The van der Waals surface area contributed by atoms with Crippen molar-refractivity contribution in [1.29, 1.82) is 0 Å². The topological polar surface area (TPSA) is 62.2 Å². The average Bonchev–Trinajstić information content (AvgIpc) is 2.78. The second kappa shape index (κ2) is 5.77. The number of nitrogens with zero attached hydrogens (tertiary/aromatic N) is 1. The maximum Gasteiger partial charge on any atom is 0.337 e. The summed E-state index contributed by atoms with van der Waals surface area (Å²) in [6, 6.07) is 5.10. The van der Waals surface area contributed by atoms with E-state index in [1.165, 1.54) is 23.6 Å². The first-order valence-electron chi connectivity index (χ1n) is 5.38. The van der Waals surface area contributed by atoms with Gasteiger partial charge in [-0.3, -0.25) is 0 Å². The van der Waals surface area contributed by atoms with Gasteiger partial charge in [0.25, 0.3) is 0 Å². The second-order valence-corrected chi connectivity index (χ2v) is 6.02. The number of thiophene rings is 1. The maximum atomic E-state index is 10.8. The van der Waals surface area contributed by atoms with Crippen LogP contribution in [0, 0.1) is 0 Å². The van der Waals surface area contributed by atoms with Crippen LogP contribution in [0.4, 0.5) is 5.82 Å². The average molecular weight is 317 g/mol. The summed E-state index contributed by atoms with van der Waals surface area (Å²) in [4.78, 5) is 15.8. The van der Waals surface area contributed by atoms with Crippen LogP contribution in [0.5, 0.6) is 0 Å². The highest BCUT2D eigenvalue weighted by atomic mass is 35.5. The molecule has 4 nitrogen and oxygen atoms in total. The molecule has 0 bridgehead atoms. The Morgan fingerprint density at radius 1 is 1.47 bits per heavy atom. The van der Waals surface area contributed by atoms with Gasteiger partial charge in [0.1, 0.15) is 5.82 Å². The summed E-state index contributed by atoms with van der Waals surface area (Å²) in [6.07, 6.45) is 1.27. The first kappa shape index (κ1) is 14.1. The molecule has 2 N–H and O–H groups in total. The van der Waals surface area contributed by atoms with Crippen molar-refractivity contribution in [2.24, 2.45) is 0 Å². The minimum absolute atomic E-state index is 0.0156. The fourth-order valence-corrected chi connectivity index (χ4v) is 2.78. The highest BCUT2D eigenvalue weighted by Crippen LogP contribution is 2.30. The van der Waals surface area contributed by atoms with Crippen LogP contribution in [0.3, 0.4) is 0 Å². The number of rotatable bonds is 4. The summed E-state index contributed by atoms with van der Waals surface area (Å²) >= 11 is 13.3. The molecule has 0 aromatic carbocycles. The van der Waals surface area contributed by atoms with Gasteiger partial charge in [-0.05, 0) is 25.1 Å². The highest BCUT2D eigenvalue weighted by Gasteiger charge is 2.13. The molecule has 100 valence electrons. The fraction of sp³-hybridized carbons (Fsp3) is 0.167. The molecule has 7 heteroatoms. The summed E-state index contributed by atoms with van der Waals surface area (Å²) < 4.78 is 0.712. The Labute approximate surface area is 124 Å². The van der Waals surface area contributed by atoms with Crippen molar-refractivity contribution < 1.29 is 9.90 Å². The number of aromatic nitrogens is 1. The number of nitrogens with one attached hydrogen (secondary N) is 1. The van der Waals surface area contributed by atoms with Gasteiger partial charge >= 0.3 is 5.97 Å². The van der Waals surface area contributed by atoms with Crippen LogP contribution >= 0.6 is 34.5 Å². The van der Waals surface area contributed by atoms with E-state index in [9.17, 15) is 4.79 Å². The van der Waals surface area contributed by atoms with Gasteiger partial charge in [-0.15, -0.1) is 11.3 Å². The molecule has 2 rings (SSSR count). The van der Waals surface area contributed by atoms with E-state index in [0.717, 1.165) is 4.88 Å². The van der Waals surface area contributed by atoms with Crippen LogP contribution < -0.4 is 5.32 Å². The minimum atomic E-state index is -1.06. The Morgan fingerprint density at radius 2 is 2.21 bits per heavy atom. The Balaban J connectivity index is 2.17. The van der Waals surface area contributed by atoms with Gasteiger partial charge in [-0.1, -0.05) is 23.2 Å². The third-order valence-corrected chi connectivity index (χ3v) is 4.16. The molecule has 0 spiro atoms. The number of hydrogen-bond donors (Lipinski definition) is 2. The number of pyridine rings is 1. The fourth-order valence-electron chi connectivity index (χ4n) is 1.50. The van der Waals surface area contributed by atoms with Crippen LogP contribution in [-0.4, -0.2) is 16.1 Å². The number of carboxylic acid groups (broad SMARTS) is 1. The van der Waals surface area contributed by atoms with E-state index in [1.54, 1.807) is 0 Å². The Kier molecular flexibility index (Phi) is 4.29. The van der Waals surface area contributed by atoms with Gasteiger partial charge < -0.3 is 10.4 Å². The molecule has 0 aliphatic carbocycles. The normalized spacial score (nSPS) is 12.2. The molecular weight excluding hydrogens is 307 g/mol. The first-order chi connectivity index (χ1) is 8.97. The lowest BCUT2D eigenvalue weighted by Crippen LogP contribution is -2.08. The smallest absolute Gasteiger partial charge is 0.337 e. The van der Waals surface area contributed by atoms with E-state index >= 15 is 0 Å². The molecule has 1 unspecified atom stereocenters. The van der Waals surface area contributed by atoms with Crippen LogP contribution in [0.15, 0.2) is 24.4 Å². The van der Waals surface area contributed by atoms with Gasteiger partial charge in [-0.25, -0.2) is 9.78 Å². The van der Waals surface area contributed by atoms with Crippen molar-refractivity contribution in [3.05, 3.63) is 44.2 Å². The second-order valence-electron chi connectivity index (χ2n) is 3.87. The van der Waals surface area contributed by atoms with Crippen LogP contribution in [0.2, 0.25) is 9.36 Å². The molecule has 0 amide bonds. The molecule has 0 saturated heterocycles. The summed E-state index contributed by atoms with van der Waals surface area (Å²) in [5.41, 5.74) is 0.0578. The zero-order chi connectivity index (χ0) is 14.0. The SMILES string of the molecule is CC(Nc1ncc(C(=O)O)cc1Cl)c1ccc(Cl)s1. The Morgan fingerprint density at radius 3 is 2.74 bits per heavy atom. The van der Waals surface area contributed by atoms with Gasteiger partial charge in [-0.2, -0.15) is 0 Å². The third kappa shape index (κ3) is 3.37. The molecule has 2 heterocycles. The summed E-state index contributed by atoms with van der Waals surface area (Å²) in [5, 5.41) is 12.2. The molecule has 2 aromatic heterocycles. The number of halogens is 2. The van der Waals surface area contributed by atoms with Crippen molar-refractivity contribution in [1.82, 2.24) is 4.98 Å². The van der Waals surface area contributed by atoms with Gasteiger partial charge in [0.15, 0.2) is 0 Å². The summed E-state index contributed by atoms with van der Waals surface area (Å²) in [5.74, 6) is -0.609. The molecule has 0 aliphatic rings. The lowest BCUT2D eigenvalue weighted by molar-refractivity contribution is 0.0696. The third-order valence-electron chi connectivity index (χ3n) is 2.46. The number of anilines is 1. The molecule has 0 radical (unpaired) electrons. The zero-order valence-electron chi connectivity index (χ0n) is 9.85. The molecule has 0 aliphatic heterocycles. The molecule has 19 heavy (non-hydrogen) atoms. The van der Waals surface area contributed by atoms with E-state index in [0.29, 0.717) is 10.2 Å². The molecule has 1 atom stereocenters. The van der Waals surface area contributed by atoms with Crippen molar-refractivity contribution in [3.8, 4) is 0 Å². The predicted molar refractivity (Wildman–Crippen MR) is 77.6 cm³/mol. The Hall–Kier alpha value is -1.30. The highest BCUT2D eigenvalue weighted by molar-refractivity contribution is 7.16. The van der Waals surface area contributed by atoms with Crippen molar-refractivity contribution in [2.45, 2.75) is 13.0 Å². The predicted octanol–water partition coefficient (Wildman–Crippen LogP) is 4.32. The number of carbonyl (C=O) groups is 1. The van der Waals surface area contributed by atoms with Crippen molar-refractivity contribution in [2.75, 3.05) is 5.32 Å². The quantitative estimate of drug-likeness (QED) is 0.881. The molecule has 2 aromatic rings. The van der Waals surface area contributed by atoms with Crippen molar-refractivity contribution in [3.63, 3.8) is 0 Å². The molecular formula is C12H10Cl2N2O2S. The Bertz CT molecular complexity index is 616. The monoisotopic (exact) mass is 316 g/mol. The van der Waals surface area contributed by atoms with Crippen molar-refractivity contribution >= 4 is 46.3 Å². The summed E-state index contributed by atoms with van der Waals surface area (Å²) in [7, 11) is 0. The lowest BCUT2D eigenvalue weighted by Gasteiger charge is -2.14. The first-order valence-corrected chi connectivity index (χ1v) is 6.95. The van der Waals surface area contributed by atoms with E-state index in [2.05, 4.69) is 10.3 Å². The van der Waals surface area contributed by atoms with E-state index in [-0.39, 0.29) is 16.6 Å². The lowest BCUT2D eigenvalue weighted by atomic mass is 10.2. The largest absolute Gasteiger partial charge is 0.478 e. The van der Waals surface area contributed by atoms with Crippen LogP contribution in [-0.2, 0) is 0 Å². The summed E-state index contributed by atoms with van der Waals surface area (Å²) in [6.45, 7) is 1.95. The number of hydrogen-bond acceptors (Lipinski definition) is 4. The number of aromatic carboxylic acids is 1. The van der Waals surface area contributed by atoms with E-state index < -0.39 is 5.97 Å². The standard InChI is InChI=1S/C12H10Cl2N2O2S/c1-6(9-2-3-10(14)19-9)16-11-8(13)4-7(5-15-11)12(17)18/h2-6H,1H3,(H,15,16)(H,17,18). The van der Waals surface area contributed by atoms with E-state index in [4.69, 9.17) is 28.3 Å². The molecule has 0 saturated carbocycles. The van der Waals surface area contributed by atoms with E-state index in [1.807, 2.05) is 19.1 Å². The minimum Gasteiger partial charge on any atom is -0.478 e. The molecule has 0 fully saturated rings. The maximum absolute atomic E-state index is 10.8. The zero-order valence-corrected chi connectivity index (χ0v) is 12.2. The van der Waals surface area contributed by atoms with Crippen LogP contribution in [0.25, 0.3) is 0 Å². The number of carboxylic acids is 1.